The Labute approximate surface area is 173 Å². The highest BCUT2D eigenvalue weighted by atomic mass is 35.7. The van der Waals surface area contributed by atoms with Gasteiger partial charge in [-0.1, -0.05) is 0 Å². The molecule has 1 fully saturated rings. The van der Waals surface area contributed by atoms with Crippen molar-refractivity contribution in [2.24, 2.45) is 0 Å². The van der Waals surface area contributed by atoms with Crippen LogP contribution in [0.4, 0.5) is 8.78 Å². The van der Waals surface area contributed by atoms with E-state index in [2.05, 4.69) is 11.6 Å². The first kappa shape index (κ1) is 22.5. The van der Waals surface area contributed by atoms with Gasteiger partial charge in [-0.3, -0.25) is 4.72 Å². The van der Waals surface area contributed by atoms with Gasteiger partial charge in [-0.15, -0.1) is 0 Å². The monoisotopic (exact) mass is 447 g/mol. The van der Waals surface area contributed by atoms with E-state index in [1.54, 1.807) is 6.07 Å². The van der Waals surface area contributed by atoms with Crippen LogP contribution in [-0.4, -0.2) is 27.7 Å². The van der Waals surface area contributed by atoms with Gasteiger partial charge < -0.3 is 10.2 Å². The van der Waals surface area contributed by atoms with Crippen molar-refractivity contribution in [2.45, 2.75) is 35.1 Å². The lowest BCUT2D eigenvalue weighted by molar-refractivity contribution is 0.0680. The SMILES string of the molecule is CC1(NSc2ccc(F)c(C(=O)O)c2)CC1.O=C(O)c1cc(SCl)ccc1F. The summed E-state index contributed by atoms with van der Waals surface area (Å²) in [4.78, 5) is 22.3. The number of nitrogens with one attached hydrogen (secondary N) is 1. The maximum absolute atomic E-state index is 13.1. The lowest BCUT2D eigenvalue weighted by Gasteiger charge is -2.10. The number of hydrogen-bond donors (Lipinski definition) is 3. The molecule has 0 spiro atoms. The van der Waals surface area contributed by atoms with Gasteiger partial charge in [0.1, 0.15) is 11.6 Å². The molecule has 2 aromatic carbocycles. The first-order chi connectivity index (χ1) is 13.1. The molecule has 0 saturated heterocycles. The van der Waals surface area contributed by atoms with Crippen LogP contribution in [0, 0.1) is 11.6 Å². The third kappa shape index (κ3) is 6.37. The summed E-state index contributed by atoms with van der Waals surface area (Å²) in [5.74, 6) is -3.98. The standard InChI is InChI=1S/C11H12FNO2S.C7H4ClFO2S/c1-11(4-5-11)13-16-7-2-3-9(12)8(6-7)10(14)15;8-12-4-1-2-6(9)5(3-4)7(10)11/h2-3,6,13H,4-5H2,1H3,(H,14,15);1-3H,(H,10,11). The predicted molar refractivity (Wildman–Crippen MR) is 105 cm³/mol. The van der Waals surface area contributed by atoms with Gasteiger partial charge in [0.15, 0.2) is 0 Å². The van der Waals surface area contributed by atoms with Crippen LogP contribution in [-0.2, 0) is 0 Å². The second-order valence-corrected chi connectivity index (χ2v) is 8.20. The van der Waals surface area contributed by atoms with Crippen LogP contribution in [0.15, 0.2) is 46.2 Å². The van der Waals surface area contributed by atoms with Gasteiger partial charge in [0.05, 0.1) is 11.1 Å². The van der Waals surface area contributed by atoms with Crippen LogP contribution in [0.3, 0.4) is 0 Å². The third-order valence-corrected chi connectivity index (χ3v) is 5.89. The summed E-state index contributed by atoms with van der Waals surface area (Å²) >= 11 is 1.35. The number of benzene rings is 2. The Kier molecular flexibility index (Phi) is 7.70. The number of carboxylic acid groups (broad SMARTS) is 2. The van der Waals surface area contributed by atoms with E-state index in [9.17, 15) is 18.4 Å². The van der Waals surface area contributed by atoms with Gasteiger partial charge in [0, 0.05) is 15.3 Å². The highest BCUT2D eigenvalue weighted by Crippen LogP contribution is 2.37. The van der Waals surface area contributed by atoms with Crippen LogP contribution in [0.1, 0.15) is 40.5 Å². The van der Waals surface area contributed by atoms with E-state index in [-0.39, 0.29) is 16.7 Å². The average Bonchev–Trinajstić information content (AvgIpc) is 3.39. The molecular weight excluding hydrogens is 432 g/mol. The molecule has 0 atom stereocenters. The molecule has 1 aliphatic rings. The molecule has 150 valence electrons. The zero-order chi connectivity index (χ0) is 20.9. The van der Waals surface area contributed by atoms with Crippen molar-refractivity contribution in [2.75, 3.05) is 0 Å². The molecule has 10 heteroatoms. The zero-order valence-corrected chi connectivity index (χ0v) is 16.9. The van der Waals surface area contributed by atoms with E-state index < -0.39 is 23.6 Å². The van der Waals surface area contributed by atoms with Gasteiger partial charge in [0.25, 0.3) is 0 Å². The van der Waals surface area contributed by atoms with E-state index >= 15 is 0 Å². The Hall–Kier alpha value is -1.81. The summed E-state index contributed by atoms with van der Waals surface area (Å²) in [5, 5.41) is 17.3. The maximum atomic E-state index is 13.1. The largest absolute Gasteiger partial charge is 0.478 e. The fraction of sp³-hybridized carbons (Fsp3) is 0.222. The number of aromatic carboxylic acids is 2. The van der Waals surface area contributed by atoms with E-state index in [0.29, 0.717) is 9.79 Å². The van der Waals surface area contributed by atoms with Crippen LogP contribution in [0.25, 0.3) is 0 Å². The Bertz CT molecular complexity index is 894. The normalized spacial score (nSPS) is 14.0. The summed E-state index contributed by atoms with van der Waals surface area (Å²) in [6.07, 6.45) is 2.24. The van der Waals surface area contributed by atoms with Crippen molar-refractivity contribution in [3.63, 3.8) is 0 Å². The molecule has 0 amide bonds. The fourth-order valence-corrected chi connectivity index (χ4v) is 3.37. The van der Waals surface area contributed by atoms with E-state index in [0.717, 1.165) is 29.9 Å². The van der Waals surface area contributed by atoms with Crippen molar-refractivity contribution >= 4 is 45.5 Å². The Morgan fingerprint density at radius 1 is 1.00 bits per heavy atom. The molecule has 2 aromatic rings. The van der Waals surface area contributed by atoms with Gasteiger partial charge in [-0.05, 0) is 89.8 Å². The van der Waals surface area contributed by atoms with Gasteiger partial charge in [-0.25, -0.2) is 18.4 Å². The molecule has 3 rings (SSSR count). The first-order valence-corrected chi connectivity index (χ1v) is 10.4. The van der Waals surface area contributed by atoms with Gasteiger partial charge in [0.2, 0.25) is 0 Å². The zero-order valence-electron chi connectivity index (χ0n) is 14.5. The molecular formula is C18H16ClF2NO4S2. The summed E-state index contributed by atoms with van der Waals surface area (Å²) in [7, 11) is 6.21. The molecule has 5 nitrogen and oxygen atoms in total. The second-order valence-electron chi connectivity index (χ2n) is 6.24. The number of hydrogen-bond acceptors (Lipinski definition) is 5. The Morgan fingerprint density at radius 3 is 1.89 bits per heavy atom. The molecule has 0 heterocycles. The molecule has 1 aliphatic carbocycles. The molecule has 0 unspecified atom stereocenters. The highest BCUT2D eigenvalue weighted by Gasteiger charge is 2.37. The number of rotatable bonds is 6. The Morgan fingerprint density at radius 2 is 1.46 bits per heavy atom. The van der Waals surface area contributed by atoms with E-state index in [1.807, 2.05) is 0 Å². The third-order valence-electron chi connectivity index (χ3n) is 3.84. The minimum atomic E-state index is -1.29. The summed E-state index contributed by atoms with van der Waals surface area (Å²) < 4.78 is 29.1. The second kappa shape index (κ2) is 9.60. The number of halogens is 3. The molecule has 28 heavy (non-hydrogen) atoms. The topological polar surface area (TPSA) is 86.6 Å². The molecule has 0 aromatic heterocycles. The van der Waals surface area contributed by atoms with Crippen LogP contribution >= 0.6 is 33.6 Å². The van der Waals surface area contributed by atoms with E-state index in [4.69, 9.17) is 20.9 Å². The van der Waals surface area contributed by atoms with Crippen LogP contribution in [0.2, 0.25) is 0 Å². The van der Waals surface area contributed by atoms with Gasteiger partial charge in [-0.2, -0.15) is 0 Å². The molecule has 0 radical (unpaired) electrons. The number of carboxylic acids is 2. The van der Waals surface area contributed by atoms with Gasteiger partial charge >= 0.3 is 11.9 Å². The predicted octanol–water partition coefficient (Wildman–Crippen LogP) is 5.44. The number of carbonyl (C=O) groups is 2. The lowest BCUT2D eigenvalue weighted by atomic mass is 10.2. The quantitative estimate of drug-likeness (QED) is 0.508. The van der Waals surface area contributed by atoms with Crippen molar-refractivity contribution in [3.05, 3.63) is 59.2 Å². The van der Waals surface area contributed by atoms with Crippen LogP contribution < -0.4 is 4.72 Å². The van der Waals surface area contributed by atoms with Crippen LogP contribution in [0.5, 0.6) is 0 Å². The summed E-state index contributed by atoms with van der Waals surface area (Å²) in [6, 6.07) is 7.79. The summed E-state index contributed by atoms with van der Waals surface area (Å²) in [6.45, 7) is 2.10. The van der Waals surface area contributed by atoms with Crippen molar-refractivity contribution < 1.29 is 28.6 Å². The molecule has 0 aliphatic heterocycles. The lowest BCUT2D eigenvalue weighted by Crippen LogP contribution is -2.19. The first-order valence-electron chi connectivity index (χ1n) is 7.93. The molecule has 3 N–H and O–H groups in total. The van der Waals surface area contributed by atoms with Crippen molar-refractivity contribution in [1.29, 1.82) is 0 Å². The summed E-state index contributed by atoms with van der Waals surface area (Å²) in [5.41, 5.74) is -0.490. The van der Waals surface area contributed by atoms with E-state index in [1.165, 1.54) is 36.2 Å². The average molecular weight is 448 g/mol. The smallest absolute Gasteiger partial charge is 0.338 e. The Balaban J connectivity index is 0.000000209. The van der Waals surface area contributed by atoms with Crippen molar-refractivity contribution in [3.8, 4) is 0 Å². The molecule has 1 saturated carbocycles. The minimum Gasteiger partial charge on any atom is -0.478 e. The fourth-order valence-electron chi connectivity index (χ4n) is 1.92. The van der Waals surface area contributed by atoms with Crippen molar-refractivity contribution in [1.82, 2.24) is 4.72 Å². The highest BCUT2D eigenvalue weighted by molar-refractivity contribution is 8.21. The maximum Gasteiger partial charge on any atom is 0.338 e. The minimum absolute atomic E-state index is 0.155. The molecule has 0 bridgehead atoms.